The minimum Gasteiger partial charge on any atom is -0.347 e. The molecule has 0 spiro atoms. The Morgan fingerprint density at radius 2 is 2.50 bits per heavy atom. The number of halogens is 1. The lowest BCUT2D eigenvalue weighted by Gasteiger charge is -2.09. The molecule has 1 fully saturated rings. The van der Waals surface area contributed by atoms with Crippen molar-refractivity contribution in [3.05, 3.63) is 0 Å². The quantitative estimate of drug-likeness (QED) is 0.458. The molecule has 0 aromatic rings. The van der Waals surface area contributed by atoms with Crippen molar-refractivity contribution in [1.82, 2.24) is 10.2 Å². The third kappa shape index (κ3) is 2.62. The van der Waals surface area contributed by atoms with Gasteiger partial charge in [-0.3, -0.25) is 9.59 Å². The van der Waals surface area contributed by atoms with Crippen LogP contribution in [0.15, 0.2) is 0 Å². The molecule has 1 aliphatic rings. The number of rotatable bonds is 2. The highest BCUT2D eigenvalue weighted by Crippen LogP contribution is 2.14. The summed E-state index contributed by atoms with van der Waals surface area (Å²) < 4.78 is -0.0606. The van der Waals surface area contributed by atoms with Gasteiger partial charge in [-0.2, -0.15) is 0 Å². The van der Waals surface area contributed by atoms with Crippen molar-refractivity contribution in [2.24, 2.45) is 5.92 Å². The highest BCUT2D eigenvalue weighted by atomic mass is 127. The number of nitrogens with zero attached hydrogens (tertiary/aromatic N) is 1. The van der Waals surface area contributed by atoms with Crippen molar-refractivity contribution in [2.75, 3.05) is 20.1 Å². The maximum Gasteiger partial charge on any atom is 0.280 e. The van der Waals surface area contributed by atoms with Crippen LogP contribution in [-0.4, -0.2) is 34.9 Å². The predicted octanol–water partition coefficient (Wildman–Crippen LogP) is 0.609. The molecule has 1 heterocycles. The van der Waals surface area contributed by atoms with Gasteiger partial charge >= 0.3 is 0 Å². The molecule has 12 heavy (non-hydrogen) atoms. The second kappa shape index (κ2) is 4.06. The first-order valence-corrected chi connectivity index (χ1v) is 4.84. The zero-order valence-electron chi connectivity index (χ0n) is 6.84. The number of carbonyl (C=O) groups excluding carboxylic acids is 2. The Kier molecular flexibility index (Phi) is 3.30. The summed E-state index contributed by atoms with van der Waals surface area (Å²) in [4.78, 5) is 23.3. The second-order valence-corrected chi connectivity index (χ2v) is 3.98. The standard InChI is InChI=1S/C7H11IN2O2/c1-10-4-5(2-6(10)11)3-9-7(8)12/h5H,2-4H2,1H3,(H,9,12). The summed E-state index contributed by atoms with van der Waals surface area (Å²) in [5, 5.41) is 2.70. The molecule has 5 heteroatoms. The first-order valence-electron chi connectivity index (χ1n) is 3.77. The van der Waals surface area contributed by atoms with E-state index in [1.165, 1.54) is 0 Å². The average Bonchev–Trinajstić information content (AvgIpc) is 2.28. The molecule has 1 unspecified atom stereocenters. The third-order valence-corrected chi connectivity index (χ3v) is 2.33. The van der Waals surface area contributed by atoms with Crippen LogP contribution >= 0.6 is 22.6 Å². The Hall–Kier alpha value is -0.330. The molecule has 0 aromatic carbocycles. The molecule has 1 rings (SSSR count). The van der Waals surface area contributed by atoms with E-state index in [0.29, 0.717) is 18.9 Å². The smallest absolute Gasteiger partial charge is 0.280 e. The highest BCUT2D eigenvalue weighted by Gasteiger charge is 2.26. The topological polar surface area (TPSA) is 49.4 Å². The number of amides is 2. The lowest BCUT2D eigenvalue weighted by Crippen LogP contribution is -2.26. The number of likely N-dealkylation sites (tertiary alicyclic amines) is 1. The van der Waals surface area contributed by atoms with Crippen LogP contribution in [-0.2, 0) is 4.79 Å². The van der Waals surface area contributed by atoms with Crippen molar-refractivity contribution in [3.63, 3.8) is 0 Å². The normalized spacial score (nSPS) is 23.0. The van der Waals surface area contributed by atoms with Gasteiger partial charge in [-0.1, -0.05) is 0 Å². The fraction of sp³-hybridized carbons (Fsp3) is 0.714. The van der Waals surface area contributed by atoms with Crippen molar-refractivity contribution in [3.8, 4) is 0 Å². The fourth-order valence-corrected chi connectivity index (χ4v) is 1.54. The molecular formula is C7H11IN2O2. The monoisotopic (exact) mass is 282 g/mol. The van der Waals surface area contributed by atoms with Gasteiger partial charge in [0.1, 0.15) is 0 Å². The van der Waals surface area contributed by atoms with Gasteiger partial charge in [0.25, 0.3) is 3.91 Å². The van der Waals surface area contributed by atoms with Crippen LogP contribution in [0.25, 0.3) is 0 Å². The molecule has 2 amide bonds. The van der Waals surface area contributed by atoms with Gasteiger partial charge in [0, 0.05) is 55.1 Å². The SMILES string of the molecule is CN1CC(CNC(=O)I)CC1=O. The van der Waals surface area contributed by atoms with Crippen LogP contribution in [0.5, 0.6) is 0 Å². The number of hydrogen-bond acceptors (Lipinski definition) is 2. The summed E-state index contributed by atoms with van der Waals surface area (Å²) in [5.41, 5.74) is 0. The first-order chi connectivity index (χ1) is 5.59. The Labute approximate surface area is 84.8 Å². The molecular weight excluding hydrogens is 271 g/mol. The van der Waals surface area contributed by atoms with E-state index in [1.54, 1.807) is 34.5 Å². The molecule has 0 aliphatic carbocycles. The van der Waals surface area contributed by atoms with Crippen molar-refractivity contribution in [2.45, 2.75) is 6.42 Å². The zero-order valence-corrected chi connectivity index (χ0v) is 9.00. The van der Waals surface area contributed by atoms with Gasteiger partial charge in [0.2, 0.25) is 5.91 Å². The lowest BCUT2D eigenvalue weighted by molar-refractivity contribution is -0.126. The first kappa shape index (κ1) is 9.76. The zero-order chi connectivity index (χ0) is 9.14. The van der Waals surface area contributed by atoms with Gasteiger partial charge in [-0.25, -0.2) is 0 Å². The average molecular weight is 282 g/mol. The number of carbonyl (C=O) groups is 2. The fourth-order valence-electron chi connectivity index (χ4n) is 1.32. The minimum absolute atomic E-state index is 0.0606. The molecule has 0 radical (unpaired) electrons. The lowest BCUT2D eigenvalue weighted by atomic mass is 10.1. The van der Waals surface area contributed by atoms with E-state index in [9.17, 15) is 9.59 Å². The molecule has 1 atom stereocenters. The number of hydrogen-bond donors (Lipinski definition) is 1. The van der Waals surface area contributed by atoms with Gasteiger partial charge < -0.3 is 10.2 Å². The van der Waals surface area contributed by atoms with Crippen LogP contribution in [0, 0.1) is 5.92 Å². The van der Waals surface area contributed by atoms with E-state index in [4.69, 9.17) is 0 Å². The summed E-state index contributed by atoms with van der Waals surface area (Å²) >= 11 is 1.69. The summed E-state index contributed by atoms with van der Waals surface area (Å²) in [5.74, 6) is 0.462. The second-order valence-electron chi connectivity index (χ2n) is 3.00. The minimum atomic E-state index is -0.0606. The Balaban J connectivity index is 2.28. The van der Waals surface area contributed by atoms with Crippen LogP contribution < -0.4 is 5.32 Å². The van der Waals surface area contributed by atoms with Gasteiger partial charge in [0.15, 0.2) is 0 Å². The van der Waals surface area contributed by atoms with Crippen LogP contribution in [0.1, 0.15) is 6.42 Å². The number of nitrogens with one attached hydrogen (secondary N) is 1. The van der Waals surface area contributed by atoms with E-state index < -0.39 is 0 Å². The van der Waals surface area contributed by atoms with E-state index >= 15 is 0 Å². The van der Waals surface area contributed by atoms with Crippen LogP contribution in [0.3, 0.4) is 0 Å². The summed E-state index contributed by atoms with van der Waals surface area (Å²) in [6.45, 7) is 1.37. The molecule has 1 saturated heterocycles. The molecule has 1 aliphatic heterocycles. The van der Waals surface area contributed by atoms with Crippen molar-refractivity contribution < 1.29 is 9.59 Å². The Morgan fingerprint density at radius 1 is 1.83 bits per heavy atom. The molecule has 1 N–H and O–H groups in total. The van der Waals surface area contributed by atoms with Crippen molar-refractivity contribution in [1.29, 1.82) is 0 Å². The maximum absolute atomic E-state index is 11.0. The third-order valence-electron chi connectivity index (χ3n) is 1.95. The van der Waals surface area contributed by atoms with Gasteiger partial charge in [-0.15, -0.1) is 0 Å². The maximum atomic E-state index is 11.0. The van der Waals surface area contributed by atoms with E-state index in [1.807, 2.05) is 0 Å². The summed E-state index contributed by atoms with van der Waals surface area (Å²) in [7, 11) is 1.79. The van der Waals surface area contributed by atoms with E-state index in [0.717, 1.165) is 6.54 Å². The molecule has 68 valence electrons. The summed E-state index contributed by atoms with van der Waals surface area (Å²) in [6.07, 6.45) is 0.563. The molecule has 0 saturated carbocycles. The van der Waals surface area contributed by atoms with Gasteiger partial charge in [0.05, 0.1) is 0 Å². The van der Waals surface area contributed by atoms with Crippen LogP contribution in [0.2, 0.25) is 0 Å². The highest BCUT2D eigenvalue weighted by molar-refractivity contribution is 14.1. The largest absolute Gasteiger partial charge is 0.347 e. The molecule has 0 aromatic heterocycles. The van der Waals surface area contributed by atoms with Gasteiger partial charge in [-0.05, 0) is 0 Å². The Morgan fingerprint density at radius 3 is 2.92 bits per heavy atom. The van der Waals surface area contributed by atoms with E-state index in [2.05, 4.69) is 5.32 Å². The predicted molar refractivity (Wildman–Crippen MR) is 53.2 cm³/mol. The van der Waals surface area contributed by atoms with Crippen LogP contribution in [0.4, 0.5) is 4.79 Å². The molecule has 0 bridgehead atoms. The Bertz CT molecular complexity index is 208. The summed E-state index contributed by atoms with van der Waals surface area (Å²) in [6, 6.07) is 0. The van der Waals surface area contributed by atoms with Crippen molar-refractivity contribution >= 4 is 32.4 Å². The molecule has 4 nitrogen and oxygen atoms in total. The van der Waals surface area contributed by atoms with E-state index in [-0.39, 0.29) is 9.82 Å².